The number of carbonyl (C=O) groups excluding carboxylic acids is 1. The third-order valence-corrected chi connectivity index (χ3v) is 5.38. The first kappa shape index (κ1) is 21.0. The van der Waals surface area contributed by atoms with Gasteiger partial charge in [0.15, 0.2) is 6.10 Å². The van der Waals surface area contributed by atoms with Crippen molar-refractivity contribution >= 4 is 11.7 Å². The molecule has 10 heteroatoms. The van der Waals surface area contributed by atoms with Gasteiger partial charge in [0.05, 0.1) is 12.8 Å². The van der Waals surface area contributed by atoms with E-state index in [1.165, 1.54) is 12.4 Å². The first-order chi connectivity index (χ1) is 15.0. The molecule has 31 heavy (non-hydrogen) atoms. The van der Waals surface area contributed by atoms with Crippen LogP contribution in [0.4, 0.5) is 8.78 Å². The lowest BCUT2D eigenvalue weighted by molar-refractivity contribution is -0.139. The van der Waals surface area contributed by atoms with Gasteiger partial charge in [0, 0.05) is 25.1 Å². The van der Waals surface area contributed by atoms with Crippen LogP contribution >= 0.6 is 0 Å². The molecule has 3 heterocycles. The molecule has 2 atom stereocenters. The maximum Gasteiger partial charge on any atom is 0.280 e. The SMILES string of the molecule is COc1cccc(OC(C)C(=O)N2CCCC(c3cc(C(F)F)n4ncnc4n3)C2)c1. The summed E-state index contributed by atoms with van der Waals surface area (Å²) in [6.07, 6.45) is -0.717. The van der Waals surface area contributed by atoms with Crippen molar-refractivity contribution in [1.82, 2.24) is 24.5 Å². The number of aromatic nitrogens is 4. The fraction of sp³-hybridized carbons (Fsp3) is 0.429. The van der Waals surface area contributed by atoms with Crippen LogP contribution in [0.3, 0.4) is 0 Å². The monoisotopic (exact) mass is 431 g/mol. The van der Waals surface area contributed by atoms with E-state index in [9.17, 15) is 13.6 Å². The number of likely N-dealkylation sites (tertiary alicyclic amines) is 1. The lowest BCUT2D eigenvalue weighted by atomic mass is 9.93. The summed E-state index contributed by atoms with van der Waals surface area (Å²) in [5, 5.41) is 3.82. The zero-order valence-electron chi connectivity index (χ0n) is 17.2. The fourth-order valence-corrected chi connectivity index (χ4v) is 3.82. The maximum atomic E-state index is 13.5. The van der Waals surface area contributed by atoms with Gasteiger partial charge in [0.1, 0.15) is 23.5 Å². The zero-order valence-corrected chi connectivity index (χ0v) is 17.2. The molecule has 2 aromatic heterocycles. The van der Waals surface area contributed by atoms with Crippen LogP contribution in [0.15, 0.2) is 36.7 Å². The van der Waals surface area contributed by atoms with Gasteiger partial charge in [-0.15, -0.1) is 0 Å². The van der Waals surface area contributed by atoms with Crippen LogP contribution < -0.4 is 9.47 Å². The van der Waals surface area contributed by atoms with Crippen LogP contribution in [0.25, 0.3) is 5.78 Å². The molecule has 0 bridgehead atoms. The number of methoxy groups -OCH3 is 1. The molecule has 0 spiro atoms. The Labute approximate surface area is 177 Å². The molecule has 0 aliphatic carbocycles. The normalized spacial score (nSPS) is 17.7. The minimum absolute atomic E-state index is 0.131. The highest BCUT2D eigenvalue weighted by molar-refractivity contribution is 5.81. The average molecular weight is 431 g/mol. The average Bonchev–Trinajstić information content (AvgIpc) is 3.26. The summed E-state index contributed by atoms with van der Waals surface area (Å²) in [6, 6.07) is 8.42. The third kappa shape index (κ3) is 4.42. The van der Waals surface area contributed by atoms with Crippen LogP contribution in [-0.2, 0) is 4.79 Å². The van der Waals surface area contributed by atoms with Crippen molar-refractivity contribution in [2.24, 2.45) is 0 Å². The summed E-state index contributed by atoms with van der Waals surface area (Å²) in [5.41, 5.74) is 0.241. The molecular weight excluding hydrogens is 408 g/mol. The molecule has 1 aliphatic heterocycles. The molecule has 1 amide bonds. The summed E-state index contributed by atoms with van der Waals surface area (Å²) in [6.45, 7) is 2.65. The van der Waals surface area contributed by atoms with Crippen molar-refractivity contribution in [3.8, 4) is 11.5 Å². The maximum absolute atomic E-state index is 13.5. The molecule has 4 rings (SSSR count). The quantitative estimate of drug-likeness (QED) is 0.596. The molecule has 8 nitrogen and oxygen atoms in total. The van der Waals surface area contributed by atoms with E-state index < -0.39 is 12.5 Å². The number of carbonyl (C=O) groups is 1. The second kappa shape index (κ2) is 8.83. The summed E-state index contributed by atoms with van der Waals surface area (Å²) >= 11 is 0. The Bertz CT molecular complexity index is 1070. The molecule has 1 aliphatic rings. The first-order valence-corrected chi connectivity index (χ1v) is 10.0. The number of fused-ring (bicyclic) bond motifs is 1. The minimum atomic E-state index is -2.71. The second-order valence-corrected chi connectivity index (χ2v) is 7.44. The van der Waals surface area contributed by atoms with Gasteiger partial charge in [-0.3, -0.25) is 4.79 Å². The zero-order chi connectivity index (χ0) is 22.0. The second-order valence-electron chi connectivity index (χ2n) is 7.44. The highest BCUT2D eigenvalue weighted by Crippen LogP contribution is 2.29. The van der Waals surface area contributed by atoms with Gasteiger partial charge in [-0.2, -0.15) is 14.6 Å². The largest absolute Gasteiger partial charge is 0.497 e. The molecular formula is C21H23F2N5O3. The Morgan fingerprint density at radius 1 is 1.26 bits per heavy atom. The van der Waals surface area contributed by atoms with E-state index in [4.69, 9.17) is 9.47 Å². The molecule has 0 saturated carbocycles. The summed E-state index contributed by atoms with van der Waals surface area (Å²) < 4.78 is 39.0. The third-order valence-electron chi connectivity index (χ3n) is 5.38. The van der Waals surface area contributed by atoms with Gasteiger partial charge in [0.2, 0.25) is 0 Å². The standard InChI is InChI=1S/C21H23F2N5O3/c1-13(31-16-7-3-6-15(9-16)30-2)20(29)27-8-4-5-14(11-27)17-10-18(19(22)23)28-21(26-17)24-12-25-28/h3,6-7,9-10,12-14,19H,4-5,8,11H2,1-2H3. The van der Waals surface area contributed by atoms with E-state index in [-0.39, 0.29) is 23.3 Å². The number of piperidine rings is 1. The smallest absolute Gasteiger partial charge is 0.280 e. The van der Waals surface area contributed by atoms with Crippen LogP contribution in [-0.4, -0.2) is 56.7 Å². The number of hydrogen-bond donors (Lipinski definition) is 0. The van der Waals surface area contributed by atoms with Crippen molar-refractivity contribution in [2.45, 2.75) is 38.2 Å². The van der Waals surface area contributed by atoms with Crippen molar-refractivity contribution in [3.05, 3.63) is 48.0 Å². The number of amides is 1. The number of hydrogen-bond acceptors (Lipinski definition) is 6. The molecule has 164 valence electrons. The van der Waals surface area contributed by atoms with E-state index >= 15 is 0 Å². The van der Waals surface area contributed by atoms with Crippen molar-refractivity contribution in [3.63, 3.8) is 0 Å². The first-order valence-electron chi connectivity index (χ1n) is 10.0. The predicted octanol–water partition coefficient (Wildman–Crippen LogP) is 3.24. The van der Waals surface area contributed by atoms with Gasteiger partial charge in [-0.25, -0.2) is 13.8 Å². The van der Waals surface area contributed by atoms with Gasteiger partial charge >= 0.3 is 0 Å². The van der Waals surface area contributed by atoms with Crippen LogP contribution in [0.2, 0.25) is 0 Å². The summed E-state index contributed by atoms with van der Waals surface area (Å²) in [5.74, 6) is 0.978. The molecule has 0 N–H and O–H groups in total. The number of alkyl halides is 2. The van der Waals surface area contributed by atoms with E-state index in [0.29, 0.717) is 30.3 Å². The Morgan fingerprint density at radius 2 is 2.06 bits per heavy atom. The Balaban J connectivity index is 1.49. The fourth-order valence-electron chi connectivity index (χ4n) is 3.82. The van der Waals surface area contributed by atoms with E-state index in [1.807, 2.05) is 0 Å². The number of halogens is 2. The lowest BCUT2D eigenvalue weighted by Crippen LogP contribution is -2.45. The summed E-state index contributed by atoms with van der Waals surface area (Å²) in [4.78, 5) is 23.0. The topological polar surface area (TPSA) is 81.9 Å². The van der Waals surface area contributed by atoms with Crippen molar-refractivity contribution in [1.29, 1.82) is 0 Å². The van der Waals surface area contributed by atoms with E-state index in [1.54, 1.807) is 43.2 Å². The Kier molecular flexibility index (Phi) is 5.97. The molecule has 2 unspecified atom stereocenters. The Hall–Kier alpha value is -3.30. The lowest BCUT2D eigenvalue weighted by Gasteiger charge is -2.34. The highest BCUT2D eigenvalue weighted by atomic mass is 19.3. The van der Waals surface area contributed by atoms with Gasteiger partial charge in [0.25, 0.3) is 18.1 Å². The molecule has 1 saturated heterocycles. The van der Waals surface area contributed by atoms with Crippen molar-refractivity contribution in [2.75, 3.05) is 20.2 Å². The van der Waals surface area contributed by atoms with Gasteiger partial charge in [-0.05, 0) is 38.0 Å². The van der Waals surface area contributed by atoms with Crippen molar-refractivity contribution < 1.29 is 23.0 Å². The van der Waals surface area contributed by atoms with Crippen LogP contribution in [0.1, 0.15) is 43.5 Å². The van der Waals surface area contributed by atoms with E-state index in [0.717, 1.165) is 17.4 Å². The number of ether oxygens (including phenoxy) is 2. The molecule has 1 aromatic carbocycles. The molecule has 0 radical (unpaired) electrons. The number of rotatable bonds is 6. The molecule has 1 fully saturated rings. The van der Waals surface area contributed by atoms with Crippen LogP contribution in [0.5, 0.6) is 11.5 Å². The van der Waals surface area contributed by atoms with Crippen LogP contribution in [0, 0.1) is 0 Å². The number of nitrogens with zero attached hydrogens (tertiary/aromatic N) is 5. The van der Waals surface area contributed by atoms with E-state index in [2.05, 4.69) is 15.1 Å². The van der Waals surface area contributed by atoms with Gasteiger partial charge < -0.3 is 14.4 Å². The minimum Gasteiger partial charge on any atom is -0.497 e. The Morgan fingerprint density at radius 3 is 2.84 bits per heavy atom. The predicted molar refractivity (Wildman–Crippen MR) is 107 cm³/mol. The number of benzene rings is 1. The molecule has 3 aromatic rings. The summed E-state index contributed by atoms with van der Waals surface area (Å²) in [7, 11) is 1.56. The van der Waals surface area contributed by atoms with Gasteiger partial charge in [-0.1, -0.05) is 6.07 Å². The highest BCUT2D eigenvalue weighted by Gasteiger charge is 2.30.